The largest absolute Gasteiger partial charge is 0.459 e. The minimum absolute atomic E-state index is 0.0280. The van der Waals surface area contributed by atoms with Crippen LogP contribution in [0.3, 0.4) is 0 Å². The molecule has 9 nitrogen and oxygen atoms in total. The van der Waals surface area contributed by atoms with Crippen molar-refractivity contribution < 1.29 is 37.8 Å². The Morgan fingerprint density at radius 2 is 1.24 bits per heavy atom. The molecule has 0 aliphatic rings. The first-order valence-electron chi connectivity index (χ1n) is 12.0. The van der Waals surface area contributed by atoms with E-state index in [-0.39, 0.29) is 13.2 Å². The zero-order valence-corrected chi connectivity index (χ0v) is 23.2. The summed E-state index contributed by atoms with van der Waals surface area (Å²) in [5.74, 6) is -2.58. The number of carbonyl (C=O) groups excluding carboxylic acids is 2. The molecule has 2 aromatic rings. The zero-order valence-electron chi connectivity index (χ0n) is 22.3. The first-order chi connectivity index (χ1) is 17.2. The number of aliphatic hydroxyl groups excluding tert-OH is 1. The number of rotatable bonds is 11. The van der Waals surface area contributed by atoms with Crippen LogP contribution in [0.5, 0.6) is 0 Å². The summed E-state index contributed by atoms with van der Waals surface area (Å²) < 4.78 is 35.6. The molecule has 2 aromatic carbocycles. The summed E-state index contributed by atoms with van der Waals surface area (Å²) in [4.78, 5) is 25.5. The molecule has 0 saturated heterocycles. The van der Waals surface area contributed by atoms with Gasteiger partial charge in [0.25, 0.3) is 0 Å². The lowest BCUT2D eigenvalue weighted by Gasteiger charge is -2.35. The molecule has 1 amide bonds. The summed E-state index contributed by atoms with van der Waals surface area (Å²) in [6.07, 6.45) is -1.39. The number of aliphatic hydroxyl groups is 1. The van der Waals surface area contributed by atoms with E-state index in [0.29, 0.717) is 0 Å². The zero-order chi connectivity index (χ0) is 27.7. The number of benzene rings is 2. The van der Waals surface area contributed by atoms with Crippen molar-refractivity contribution in [3.05, 3.63) is 71.8 Å². The molecule has 0 radical (unpaired) electrons. The van der Waals surface area contributed by atoms with Crippen molar-refractivity contribution in [2.24, 2.45) is 0 Å². The lowest BCUT2D eigenvalue weighted by Crippen LogP contribution is -2.44. The summed E-state index contributed by atoms with van der Waals surface area (Å²) in [6.45, 7) is 9.94. The second kappa shape index (κ2) is 13.2. The molecule has 10 heteroatoms. The Hall–Kier alpha value is -2.71. The molecule has 204 valence electrons. The standard InChI is InChI=1S/C27H38NO8P/c1-26(2,3)35-37(32,36-27(4,5)6)23(29)17-22(24(30)33-18-20-13-9-7-10-14-20)28-25(31)34-19-21-15-11-8-12-16-21/h7-16,22-23,29H,17-19H2,1-6H3,(H,28,31). The van der Waals surface area contributed by atoms with E-state index in [0.717, 1.165) is 11.1 Å². The molecule has 0 heterocycles. The number of alkyl carbamates (subject to hydrolysis) is 1. The van der Waals surface area contributed by atoms with Crippen LogP contribution >= 0.6 is 7.60 Å². The number of hydrogen-bond donors (Lipinski definition) is 2. The van der Waals surface area contributed by atoms with Crippen LogP contribution in [0.1, 0.15) is 59.1 Å². The van der Waals surface area contributed by atoms with E-state index in [1.807, 2.05) is 12.1 Å². The van der Waals surface area contributed by atoms with Crippen molar-refractivity contribution in [2.75, 3.05) is 0 Å². The number of carbonyl (C=O) groups is 2. The van der Waals surface area contributed by atoms with Crippen LogP contribution in [0.25, 0.3) is 0 Å². The average Bonchev–Trinajstić information content (AvgIpc) is 2.79. The minimum Gasteiger partial charge on any atom is -0.459 e. The third-order valence-electron chi connectivity index (χ3n) is 4.63. The Morgan fingerprint density at radius 1 is 0.811 bits per heavy atom. The predicted molar refractivity (Wildman–Crippen MR) is 140 cm³/mol. The minimum atomic E-state index is -4.17. The van der Waals surface area contributed by atoms with E-state index in [4.69, 9.17) is 18.5 Å². The Bertz CT molecular complexity index is 1030. The fourth-order valence-corrected chi connectivity index (χ4v) is 5.47. The second-order valence-corrected chi connectivity index (χ2v) is 12.6. The SMILES string of the molecule is CC(C)(C)OP(=O)(OC(C)(C)C)C(O)CC(NC(=O)OCc1ccccc1)C(=O)OCc1ccccc1. The van der Waals surface area contributed by atoms with E-state index in [1.165, 1.54) is 0 Å². The van der Waals surface area contributed by atoms with Crippen molar-refractivity contribution in [2.45, 2.75) is 84.3 Å². The quantitative estimate of drug-likeness (QED) is 0.284. The van der Waals surface area contributed by atoms with Gasteiger partial charge in [-0.15, -0.1) is 0 Å². The molecular weight excluding hydrogens is 497 g/mol. The van der Waals surface area contributed by atoms with Crippen molar-refractivity contribution in [1.29, 1.82) is 0 Å². The van der Waals surface area contributed by atoms with Crippen LogP contribution in [-0.4, -0.2) is 40.3 Å². The Balaban J connectivity index is 2.19. The van der Waals surface area contributed by atoms with Crippen LogP contribution in [0, 0.1) is 0 Å². The van der Waals surface area contributed by atoms with Crippen molar-refractivity contribution in [3.63, 3.8) is 0 Å². The third kappa shape index (κ3) is 11.5. The van der Waals surface area contributed by atoms with E-state index in [1.54, 1.807) is 90.1 Å². The molecule has 2 N–H and O–H groups in total. The highest BCUT2D eigenvalue weighted by atomic mass is 31.2. The highest BCUT2D eigenvalue weighted by Gasteiger charge is 2.44. The maximum atomic E-state index is 13.7. The molecule has 2 atom stereocenters. The lowest BCUT2D eigenvalue weighted by atomic mass is 10.2. The normalized spacial score (nSPS) is 13.9. The Labute approximate surface area is 219 Å². The number of amides is 1. The van der Waals surface area contributed by atoms with Gasteiger partial charge in [-0.05, 0) is 52.7 Å². The van der Waals surface area contributed by atoms with Crippen LogP contribution < -0.4 is 5.32 Å². The fourth-order valence-electron chi connectivity index (χ4n) is 3.19. The van der Waals surface area contributed by atoms with Crippen LogP contribution in [0.2, 0.25) is 0 Å². The van der Waals surface area contributed by atoms with Crippen LogP contribution in [0.4, 0.5) is 4.79 Å². The number of nitrogens with one attached hydrogen (secondary N) is 1. The van der Waals surface area contributed by atoms with Gasteiger partial charge in [0.2, 0.25) is 0 Å². The summed E-state index contributed by atoms with van der Waals surface area (Å²) >= 11 is 0. The molecule has 0 aliphatic heterocycles. The van der Waals surface area contributed by atoms with E-state index in [9.17, 15) is 19.3 Å². The highest BCUT2D eigenvalue weighted by molar-refractivity contribution is 7.54. The van der Waals surface area contributed by atoms with Gasteiger partial charge >= 0.3 is 19.7 Å². The summed E-state index contributed by atoms with van der Waals surface area (Å²) in [5, 5.41) is 13.4. The van der Waals surface area contributed by atoms with E-state index < -0.39 is 49.2 Å². The van der Waals surface area contributed by atoms with Crippen molar-refractivity contribution in [3.8, 4) is 0 Å². The predicted octanol–water partition coefficient (Wildman–Crippen LogP) is 5.56. The molecule has 0 aliphatic carbocycles. The van der Waals surface area contributed by atoms with E-state index in [2.05, 4.69) is 5.32 Å². The highest BCUT2D eigenvalue weighted by Crippen LogP contribution is 2.58. The van der Waals surface area contributed by atoms with Gasteiger partial charge in [-0.2, -0.15) is 0 Å². The van der Waals surface area contributed by atoms with Crippen LogP contribution in [-0.2, 0) is 41.1 Å². The molecule has 2 rings (SSSR count). The smallest absolute Gasteiger partial charge is 0.408 e. The van der Waals surface area contributed by atoms with Gasteiger partial charge in [-0.25, -0.2) is 9.59 Å². The van der Waals surface area contributed by atoms with E-state index >= 15 is 0 Å². The van der Waals surface area contributed by atoms with Gasteiger partial charge in [0.1, 0.15) is 19.3 Å². The van der Waals surface area contributed by atoms with Crippen molar-refractivity contribution in [1.82, 2.24) is 5.32 Å². The summed E-state index contributed by atoms with van der Waals surface area (Å²) in [7, 11) is -4.17. The van der Waals surface area contributed by atoms with Crippen LogP contribution in [0.15, 0.2) is 60.7 Å². The second-order valence-electron chi connectivity index (χ2n) is 10.5. The monoisotopic (exact) mass is 535 g/mol. The lowest BCUT2D eigenvalue weighted by molar-refractivity contribution is -0.148. The first kappa shape index (κ1) is 30.5. The topological polar surface area (TPSA) is 120 Å². The molecule has 37 heavy (non-hydrogen) atoms. The first-order valence-corrected chi connectivity index (χ1v) is 13.7. The van der Waals surface area contributed by atoms with Gasteiger partial charge < -0.3 is 28.9 Å². The Kier molecular flexibility index (Phi) is 10.9. The fraction of sp³-hybridized carbons (Fsp3) is 0.481. The molecule has 0 aromatic heterocycles. The molecule has 0 fully saturated rings. The van der Waals surface area contributed by atoms with Gasteiger partial charge in [-0.1, -0.05) is 60.7 Å². The Morgan fingerprint density at radius 3 is 1.68 bits per heavy atom. The molecule has 0 spiro atoms. The average molecular weight is 536 g/mol. The third-order valence-corrected chi connectivity index (χ3v) is 7.17. The number of ether oxygens (including phenoxy) is 2. The molecule has 2 unspecified atom stereocenters. The number of esters is 1. The van der Waals surface area contributed by atoms with Gasteiger partial charge in [-0.3, -0.25) is 4.57 Å². The number of hydrogen-bond acceptors (Lipinski definition) is 8. The van der Waals surface area contributed by atoms with Crippen molar-refractivity contribution >= 4 is 19.7 Å². The van der Waals surface area contributed by atoms with Gasteiger partial charge in [0.05, 0.1) is 11.2 Å². The van der Waals surface area contributed by atoms with Gasteiger partial charge in [0, 0.05) is 6.42 Å². The molecule has 0 bridgehead atoms. The maximum Gasteiger partial charge on any atom is 0.408 e. The van der Waals surface area contributed by atoms with Gasteiger partial charge in [0.15, 0.2) is 5.85 Å². The summed E-state index contributed by atoms with van der Waals surface area (Å²) in [5.41, 5.74) is -0.359. The molecule has 0 saturated carbocycles. The maximum absolute atomic E-state index is 13.7. The summed E-state index contributed by atoms with van der Waals surface area (Å²) in [6, 6.07) is 16.6. The molecular formula is C27H38NO8P.